The number of furan rings is 2. The minimum atomic E-state index is -0.294. The number of rotatable bonds is 6. The molecule has 0 aromatic carbocycles. The van der Waals surface area contributed by atoms with Gasteiger partial charge in [-0.1, -0.05) is 0 Å². The quantitative estimate of drug-likeness (QED) is 0.758. The minimum absolute atomic E-state index is 0.201. The maximum Gasteiger partial charge on any atom is 0.303 e. The van der Waals surface area contributed by atoms with Crippen molar-refractivity contribution >= 4 is 5.97 Å². The zero-order valence-corrected chi connectivity index (χ0v) is 14.1. The lowest BCUT2D eigenvalue weighted by Crippen LogP contribution is -2.30. The second-order valence-corrected chi connectivity index (χ2v) is 6.13. The summed E-state index contributed by atoms with van der Waals surface area (Å²) in [6, 6.07) is 7.80. The fourth-order valence-corrected chi connectivity index (χ4v) is 2.94. The molecule has 0 spiro atoms. The second-order valence-electron chi connectivity index (χ2n) is 6.13. The van der Waals surface area contributed by atoms with E-state index in [4.69, 9.17) is 13.6 Å². The first kappa shape index (κ1) is 16.8. The maximum absolute atomic E-state index is 10.8. The molecule has 6 heteroatoms. The molecule has 1 fully saturated rings. The molecule has 0 saturated carbocycles. The van der Waals surface area contributed by atoms with Crippen LogP contribution in [0.25, 0.3) is 0 Å². The Labute approximate surface area is 142 Å². The van der Waals surface area contributed by atoms with Crippen molar-refractivity contribution in [3.63, 3.8) is 0 Å². The third-order valence-corrected chi connectivity index (χ3v) is 4.16. The Morgan fingerprint density at radius 3 is 2.42 bits per heavy atom. The summed E-state index contributed by atoms with van der Waals surface area (Å²) >= 11 is 0. The molecule has 0 N–H and O–H groups in total. The molecule has 1 saturated heterocycles. The standard InChI is InChI=1S/C18H24N2O4/c1-15(21)23-14-18-6-5-17(24-18)13-20-8-3-7-19(9-10-20)12-16-4-2-11-22-16/h2,4-6,11H,3,7-10,12-14H2,1H3. The van der Waals surface area contributed by atoms with Gasteiger partial charge in [-0.25, -0.2) is 0 Å². The molecule has 0 unspecified atom stereocenters. The predicted octanol–water partition coefficient (Wildman–Crippen LogP) is 2.64. The fourth-order valence-electron chi connectivity index (χ4n) is 2.94. The highest BCUT2D eigenvalue weighted by Crippen LogP contribution is 2.15. The summed E-state index contributed by atoms with van der Waals surface area (Å²) in [6.07, 6.45) is 2.85. The number of carbonyl (C=O) groups is 1. The number of carbonyl (C=O) groups excluding carboxylic acids is 1. The Morgan fingerprint density at radius 1 is 1.04 bits per heavy atom. The van der Waals surface area contributed by atoms with E-state index in [0.29, 0.717) is 5.76 Å². The van der Waals surface area contributed by atoms with Crippen molar-refractivity contribution in [1.82, 2.24) is 9.80 Å². The minimum Gasteiger partial charge on any atom is -0.468 e. The number of hydrogen-bond acceptors (Lipinski definition) is 6. The molecular weight excluding hydrogens is 308 g/mol. The molecule has 0 amide bonds. The molecule has 24 heavy (non-hydrogen) atoms. The number of esters is 1. The highest BCUT2D eigenvalue weighted by molar-refractivity contribution is 5.65. The number of nitrogens with zero attached hydrogens (tertiary/aromatic N) is 2. The van der Waals surface area contributed by atoms with E-state index in [1.807, 2.05) is 24.3 Å². The van der Waals surface area contributed by atoms with Gasteiger partial charge in [0.25, 0.3) is 0 Å². The van der Waals surface area contributed by atoms with Crippen molar-refractivity contribution in [3.8, 4) is 0 Å². The van der Waals surface area contributed by atoms with Gasteiger partial charge in [-0.15, -0.1) is 0 Å². The molecule has 0 atom stereocenters. The van der Waals surface area contributed by atoms with Crippen molar-refractivity contribution in [2.24, 2.45) is 0 Å². The smallest absolute Gasteiger partial charge is 0.303 e. The average Bonchev–Trinajstić information content (AvgIpc) is 3.16. The molecule has 2 aromatic heterocycles. The van der Waals surface area contributed by atoms with E-state index < -0.39 is 0 Å². The van der Waals surface area contributed by atoms with E-state index in [1.54, 1.807) is 6.26 Å². The van der Waals surface area contributed by atoms with Crippen molar-refractivity contribution < 1.29 is 18.4 Å². The van der Waals surface area contributed by atoms with Crippen LogP contribution in [0, 0.1) is 0 Å². The first-order chi connectivity index (χ1) is 11.7. The fraction of sp³-hybridized carbons (Fsp3) is 0.500. The van der Waals surface area contributed by atoms with E-state index in [1.165, 1.54) is 6.92 Å². The summed E-state index contributed by atoms with van der Waals surface area (Å²) in [5.41, 5.74) is 0. The molecule has 1 aliphatic heterocycles. The normalized spacial score (nSPS) is 16.9. The lowest BCUT2D eigenvalue weighted by molar-refractivity contribution is -0.142. The van der Waals surface area contributed by atoms with Crippen LogP contribution in [-0.4, -0.2) is 41.9 Å². The summed E-state index contributed by atoms with van der Waals surface area (Å²) < 4.78 is 16.1. The molecular formula is C18H24N2O4. The van der Waals surface area contributed by atoms with Gasteiger partial charge in [0.05, 0.1) is 19.4 Å². The summed E-state index contributed by atoms with van der Waals surface area (Å²) in [5.74, 6) is 2.33. The van der Waals surface area contributed by atoms with Crippen molar-refractivity contribution in [2.75, 3.05) is 26.2 Å². The van der Waals surface area contributed by atoms with Gasteiger partial charge in [0.1, 0.15) is 23.9 Å². The molecule has 1 aliphatic rings. The summed E-state index contributed by atoms with van der Waals surface area (Å²) in [4.78, 5) is 15.7. The highest BCUT2D eigenvalue weighted by atomic mass is 16.5. The van der Waals surface area contributed by atoms with Crippen LogP contribution >= 0.6 is 0 Å². The monoisotopic (exact) mass is 332 g/mol. The van der Waals surface area contributed by atoms with Gasteiger partial charge in [-0.05, 0) is 43.8 Å². The summed E-state index contributed by atoms with van der Waals surface area (Å²) in [5, 5.41) is 0. The Kier molecular flexibility index (Phi) is 5.72. The predicted molar refractivity (Wildman–Crippen MR) is 88.1 cm³/mol. The first-order valence-corrected chi connectivity index (χ1v) is 8.37. The third kappa shape index (κ3) is 4.97. The lowest BCUT2D eigenvalue weighted by Gasteiger charge is -2.20. The van der Waals surface area contributed by atoms with Crippen molar-refractivity contribution in [3.05, 3.63) is 47.8 Å². The van der Waals surface area contributed by atoms with Crippen LogP contribution in [0.4, 0.5) is 0 Å². The molecule has 130 valence electrons. The van der Waals surface area contributed by atoms with Crippen LogP contribution in [0.2, 0.25) is 0 Å². The molecule has 3 rings (SSSR count). The molecule has 0 bridgehead atoms. The Bertz CT molecular complexity index is 635. The SMILES string of the molecule is CC(=O)OCc1ccc(CN2CCCN(Cc3ccco3)CC2)o1. The number of hydrogen-bond donors (Lipinski definition) is 0. The van der Waals surface area contributed by atoms with Crippen LogP contribution in [0.5, 0.6) is 0 Å². The van der Waals surface area contributed by atoms with E-state index in [9.17, 15) is 4.79 Å². The van der Waals surface area contributed by atoms with Gasteiger partial charge in [0, 0.05) is 20.0 Å². The van der Waals surface area contributed by atoms with Gasteiger partial charge in [0.15, 0.2) is 0 Å². The lowest BCUT2D eigenvalue weighted by atomic mass is 10.3. The van der Waals surface area contributed by atoms with E-state index >= 15 is 0 Å². The largest absolute Gasteiger partial charge is 0.468 e. The van der Waals surface area contributed by atoms with Crippen LogP contribution in [0.1, 0.15) is 30.6 Å². The highest BCUT2D eigenvalue weighted by Gasteiger charge is 2.17. The number of ether oxygens (including phenoxy) is 1. The summed E-state index contributed by atoms with van der Waals surface area (Å²) in [6.45, 7) is 7.40. The van der Waals surface area contributed by atoms with Crippen LogP contribution < -0.4 is 0 Å². The average molecular weight is 332 g/mol. The molecule has 6 nitrogen and oxygen atoms in total. The molecule has 2 aromatic rings. The van der Waals surface area contributed by atoms with Gasteiger partial charge >= 0.3 is 5.97 Å². The Morgan fingerprint density at radius 2 is 1.75 bits per heavy atom. The Hall–Kier alpha value is -2.05. The maximum atomic E-state index is 10.8. The summed E-state index contributed by atoms with van der Waals surface area (Å²) in [7, 11) is 0. The van der Waals surface area contributed by atoms with Crippen LogP contribution in [-0.2, 0) is 29.2 Å². The van der Waals surface area contributed by atoms with Crippen LogP contribution in [0.15, 0.2) is 39.4 Å². The molecule has 0 radical (unpaired) electrons. The topological polar surface area (TPSA) is 59.1 Å². The van der Waals surface area contributed by atoms with E-state index in [-0.39, 0.29) is 12.6 Å². The van der Waals surface area contributed by atoms with Crippen molar-refractivity contribution in [1.29, 1.82) is 0 Å². The van der Waals surface area contributed by atoms with E-state index in [0.717, 1.165) is 57.2 Å². The van der Waals surface area contributed by atoms with Gasteiger partial charge in [-0.3, -0.25) is 14.6 Å². The molecule has 0 aliphatic carbocycles. The second kappa shape index (κ2) is 8.17. The van der Waals surface area contributed by atoms with E-state index in [2.05, 4.69) is 9.80 Å². The van der Waals surface area contributed by atoms with Crippen LogP contribution in [0.3, 0.4) is 0 Å². The zero-order valence-electron chi connectivity index (χ0n) is 14.1. The first-order valence-electron chi connectivity index (χ1n) is 8.37. The van der Waals surface area contributed by atoms with Crippen molar-refractivity contribution in [2.45, 2.75) is 33.0 Å². The zero-order chi connectivity index (χ0) is 16.8. The van der Waals surface area contributed by atoms with Gasteiger partial charge in [0.2, 0.25) is 0 Å². The molecule has 3 heterocycles. The third-order valence-electron chi connectivity index (χ3n) is 4.16. The van der Waals surface area contributed by atoms with Gasteiger partial charge < -0.3 is 13.6 Å². The Balaban J connectivity index is 1.47. The van der Waals surface area contributed by atoms with Gasteiger partial charge in [-0.2, -0.15) is 0 Å².